The highest BCUT2D eigenvalue weighted by Crippen LogP contribution is 2.27. The fraction of sp³-hybridized carbons (Fsp3) is 0.923. The van der Waals surface area contributed by atoms with Gasteiger partial charge >= 0.3 is 0 Å². The molecule has 0 aromatic carbocycles. The zero-order valence-corrected chi connectivity index (χ0v) is 11.8. The smallest absolute Gasteiger partial charge is 0.241 e. The molecular formula is C13H24N2OS. The van der Waals surface area contributed by atoms with Crippen LogP contribution in [0, 0.1) is 0 Å². The highest BCUT2D eigenvalue weighted by atomic mass is 32.2. The maximum absolute atomic E-state index is 12.4. The first-order valence-electron chi connectivity index (χ1n) is 6.90. The van der Waals surface area contributed by atoms with Gasteiger partial charge in [-0.25, -0.2) is 0 Å². The van der Waals surface area contributed by atoms with E-state index in [-0.39, 0.29) is 12.2 Å². The Kier molecular flexibility index (Phi) is 4.74. The zero-order valence-electron chi connectivity index (χ0n) is 10.9. The van der Waals surface area contributed by atoms with Crippen LogP contribution < -0.4 is 5.32 Å². The van der Waals surface area contributed by atoms with Crippen molar-refractivity contribution in [1.82, 2.24) is 10.2 Å². The van der Waals surface area contributed by atoms with Crippen LogP contribution in [0.5, 0.6) is 0 Å². The molecule has 2 rings (SSSR count). The summed E-state index contributed by atoms with van der Waals surface area (Å²) in [4.78, 5) is 14.5. The molecule has 98 valence electrons. The van der Waals surface area contributed by atoms with Gasteiger partial charge in [0, 0.05) is 6.04 Å². The minimum absolute atomic E-state index is 0.0829. The number of nitrogens with one attached hydrogen (secondary N) is 1. The minimum Gasteiger partial charge on any atom is -0.323 e. The van der Waals surface area contributed by atoms with Crippen molar-refractivity contribution >= 4 is 17.7 Å². The number of thioether (sulfide) groups is 1. The molecule has 2 unspecified atom stereocenters. The third kappa shape index (κ3) is 2.97. The summed E-state index contributed by atoms with van der Waals surface area (Å²) in [6.07, 6.45) is 5.88. The second-order valence-electron chi connectivity index (χ2n) is 5.13. The molecular weight excluding hydrogens is 232 g/mol. The number of nitrogens with zero attached hydrogens (tertiary/aromatic N) is 1. The molecule has 0 bridgehead atoms. The monoisotopic (exact) mass is 256 g/mol. The Bertz CT molecular complexity index is 266. The molecule has 0 aromatic rings. The van der Waals surface area contributed by atoms with Gasteiger partial charge in [0.1, 0.15) is 0 Å². The zero-order chi connectivity index (χ0) is 12.3. The highest BCUT2D eigenvalue weighted by molar-refractivity contribution is 7.99. The molecule has 2 heterocycles. The van der Waals surface area contributed by atoms with Crippen LogP contribution in [-0.2, 0) is 4.79 Å². The lowest BCUT2D eigenvalue weighted by molar-refractivity contribution is -0.132. The maximum atomic E-state index is 12.4. The second-order valence-corrected chi connectivity index (χ2v) is 6.35. The summed E-state index contributed by atoms with van der Waals surface area (Å²) in [6, 6.07) is 0.567. The van der Waals surface area contributed by atoms with E-state index in [1.54, 1.807) is 0 Å². The number of hydrogen-bond acceptors (Lipinski definition) is 3. The molecule has 1 amide bonds. The van der Waals surface area contributed by atoms with Crippen molar-refractivity contribution in [3.8, 4) is 0 Å². The summed E-state index contributed by atoms with van der Waals surface area (Å²) in [6.45, 7) is 4.31. The first kappa shape index (κ1) is 13.2. The SMILES string of the molecule is CCCCC1NC(C)N(C2CCSCC2)C1=O. The lowest BCUT2D eigenvalue weighted by Gasteiger charge is -2.33. The Balaban J connectivity index is 1.95. The molecule has 0 spiro atoms. The van der Waals surface area contributed by atoms with Crippen LogP contribution >= 0.6 is 11.8 Å². The van der Waals surface area contributed by atoms with Crippen LogP contribution in [0.25, 0.3) is 0 Å². The summed E-state index contributed by atoms with van der Waals surface area (Å²) in [5.74, 6) is 2.77. The highest BCUT2D eigenvalue weighted by Gasteiger charge is 2.39. The molecule has 2 aliphatic heterocycles. The summed E-state index contributed by atoms with van der Waals surface area (Å²) >= 11 is 2.02. The van der Waals surface area contributed by atoms with Crippen molar-refractivity contribution < 1.29 is 4.79 Å². The molecule has 3 nitrogen and oxygen atoms in total. The van der Waals surface area contributed by atoms with Gasteiger partial charge in [-0.1, -0.05) is 19.8 Å². The largest absolute Gasteiger partial charge is 0.323 e. The number of amides is 1. The summed E-state index contributed by atoms with van der Waals surface area (Å²) in [5.41, 5.74) is 0. The molecule has 0 radical (unpaired) electrons. The number of carbonyl (C=O) groups is 1. The van der Waals surface area contributed by atoms with Crippen molar-refractivity contribution in [3.05, 3.63) is 0 Å². The van der Waals surface area contributed by atoms with Crippen LogP contribution in [0.15, 0.2) is 0 Å². The Labute approximate surface area is 109 Å². The van der Waals surface area contributed by atoms with E-state index in [0.717, 1.165) is 12.8 Å². The van der Waals surface area contributed by atoms with E-state index in [1.165, 1.54) is 30.8 Å². The molecule has 1 N–H and O–H groups in total. The molecule has 0 saturated carbocycles. The lowest BCUT2D eigenvalue weighted by Crippen LogP contribution is -2.44. The van der Waals surface area contributed by atoms with Crippen LogP contribution in [0.2, 0.25) is 0 Å². The quantitative estimate of drug-likeness (QED) is 0.837. The van der Waals surface area contributed by atoms with Crippen LogP contribution in [0.3, 0.4) is 0 Å². The fourth-order valence-electron chi connectivity index (χ4n) is 2.89. The molecule has 2 fully saturated rings. The van der Waals surface area contributed by atoms with Crippen LogP contribution in [-0.4, -0.2) is 40.6 Å². The van der Waals surface area contributed by atoms with E-state index in [4.69, 9.17) is 0 Å². The summed E-state index contributed by atoms with van der Waals surface area (Å²) in [7, 11) is 0. The Morgan fingerprint density at radius 2 is 2.12 bits per heavy atom. The average Bonchev–Trinajstić information content (AvgIpc) is 2.63. The number of rotatable bonds is 4. The van der Waals surface area contributed by atoms with E-state index in [9.17, 15) is 4.79 Å². The number of unbranched alkanes of at least 4 members (excludes halogenated alkanes) is 1. The van der Waals surface area contributed by atoms with Crippen molar-refractivity contribution in [1.29, 1.82) is 0 Å². The van der Waals surface area contributed by atoms with Gasteiger partial charge < -0.3 is 4.90 Å². The Morgan fingerprint density at radius 3 is 2.76 bits per heavy atom. The van der Waals surface area contributed by atoms with Crippen molar-refractivity contribution in [2.24, 2.45) is 0 Å². The van der Waals surface area contributed by atoms with Gasteiger partial charge in [0.2, 0.25) is 5.91 Å². The lowest BCUT2D eigenvalue weighted by atomic mass is 10.1. The van der Waals surface area contributed by atoms with E-state index in [0.29, 0.717) is 11.9 Å². The molecule has 0 aromatic heterocycles. The van der Waals surface area contributed by atoms with Gasteiger partial charge in [0.15, 0.2) is 0 Å². The van der Waals surface area contributed by atoms with E-state index in [1.807, 2.05) is 11.8 Å². The second kappa shape index (κ2) is 6.10. The maximum Gasteiger partial charge on any atom is 0.241 e. The first-order valence-corrected chi connectivity index (χ1v) is 8.05. The van der Waals surface area contributed by atoms with Gasteiger partial charge in [0.05, 0.1) is 12.2 Å². The van der Waals surface area contributed by atoms with E-state index in [2.05, 4.69) is 24.1 Å². The third-order valence-corrected chi connectivity index (χ3v) is 4.89. The van der Waals surface area contributed by atoms with Crippen LogP contribution in [0.4, 0.5) is 0 Å². The summed E-state index contributed by atoms with van der Waals surface area (Å²) in [5, 5.41) is 3.46. The molecule has 2 atom stereocenters. The van der Waals surface area contributed by atoms with Crippen molar-refractivity contribution in [2.45, 2.75) is 64.2 Å². The Morgan fingerprint density at radius 1 is 1.41 bits per heavy atom. The minimum atomic E-state index is 0.0829. The molecule has 2 saturated heterocycles. The van der Waals surface area contributed by atoms with E-state index < -0.39 is 0 Å². The van der Waals surface area contributed by atoms with E-state index >= 15 is 0 Å². The number of hydrogen-bond donors (Lipinski definition) is 1. The Hall–Kier alpha value is -0.220. The molecule has 0 aliphatic carbocycles. The van der Waals surface area contributed by atoms with Gasteiger partial charge in [-0.15, -0.1) is 0 Å². The van der Waals surface area contributed by atoms with Crippen molar-refractivity contribution in [3.63, 3.8) is 0 Å². The van der Waals surface area contributed by atoms with Crippen LogP contribution in [0.1, 0.15) is 46.0 Å². The van der Waals surface area contributed by atoms with Gasteiger partial charge in [0.25, 0.3) is 0 Å². The third-order valence-electron chi connectivity index (χ3n) is 3.84. The average molecular weight is 256 g/mol. The standard InChI is InChI=1S/C13H24N2OS/c1-3-4-5-12-13(16)15(10(2)14-12)11-6-8-17-9-7-11/h10-12,14H,3-9H2,1-2H3. The topological polar surface area (TPSA) is 32.3 Å². The van der Waals surface area contributed by atoms with Gasteiger partial charge in [-0.05, 0) is 37.7 Å². The normalized spacial score (nSPS) is 31.2. The first-order chi connectivity index (χ1) is 8.24. The predicted octanol–water partition coefficient (Wildman–Crippen LogP) is 2.22. The predicted molar refractivity (Wildman–Crippen MR) is 73.1 cm³/mol. The fourth-order valence-corrected chi connectivity index (χ4v) is 3.97. The summed E-state index contributed by atoms with van der Waals surface area (Å²) < 4.78 is 0. The van der Waals surface area contributed by atoms with Gasteiger partial charge in [-0.2, -0.15) is 11.8 Å². The molecule has 17 heavy (non-hydrogen) atoms. The van der Waals surface area contributed by atoms with Gasteiger partial charge in [-0.3, -0.25) is 10.1 Å². The van der Waals surface area contributed by atoms with Crippen molar-refractivity contribution in [2.75, 3.05) is 11.5 Å². The molecule has 2 aliphatic rings. The number of carbonyl (C=O) groups excluding carboxylic acids is 1. The molecule has 4 heteroatoms.